The van der Waals surface area contributed by atoms with E-state index in [9.17, 15) is 19.5 Å². The van der Waals surface area contributed by atoms with Crippen LogP contribution >= 0.6 is 0 Å². The van der Waals surface area contributed by atoms with E-state index in [0.717, 1.165) is 32.1 Å². The highest BCUT2D eigenvalue weighted by atomic mass is 16.7. The molecular weight excluding hydrogens is 328 g/mol. The van der Waals surface area contributed by atoms with Crippen LogP contribution in [0, 0.1) is 11.8 Å². The van der Waals surface area contributed by atoms with Gasteiger partial charge in [0, 0.05) is 25.9 Å². The summed E-state index contributed by atoms with van der Waals surface area (Å²) >= 11 is 0. The number of rotatable bonds is 4. The molecule has 2 unspecified atom stereocenters. The lowest BCUT2D eigenvalue weighted by molar-refractivity contribution is -0.172. The number of carbonyl (C=O) groups excluding carboxylic acids is 2. The van der Waals surface area contributed by atoms with Crippen LogP contribution in [0.5, 0.6) is 0 Å². The maximum absolute atomic E-state index is 12.4. The number of likely N-dealkylation sites (tertiary alicyclic amines) is 1. The molecule has 2 aliphatic heterocycles. The third-order valence-electron chi connectivity index (χ3n) is 5.56. The predicted molar refractivity (Wildman–Crippen MR) is 86.6 cm³/mol. The minimum atomic E-state index is -0.939. The van der Waals surface area contributed by atoms with Crippen LogP contribution in [0.1, 0.15) is 45.4 Å². The highest BCUT2D eigenvalue weighted by Crippen LogP contribution is 2.32. The monoisotopic (exact) mass is 354 g/mol. The SMILES string of the molecule is CC(OC(=O)C1CCCCC1)OC(=O)N1CC[C@@H]2C(C(=O)O)NC[C@@H]21. The number of amides is 1. The molecule has 0 aromatic heterocycles. The first kappa shape index (κ1) is 18.0. The lowest BCUT2D eigenvalue weighted by atomic mass is 9.89. The molecule has 8 heteroatoms. The number of hydrogen-bond donors (Lipinski definition) is 2. The molecule has 1 aliphatic carbocycles. The number of esters is 1. The van der Waals surface area contributed by atoms with Crippen LogP contribution in [0.25, 0.3) is 0 Å². The van der Waals surface area contributed by atoms with Gasteiger partial charge in [0.05, 0.1) is 12.0 Å². The Labute approximate surface area is 146 Å². The van der Waals surface area contributed by atoms with E-state index in [4.69, 9.17) is 9.47 Å². The van der Waals surface area contributed by atoms with Crippen molar-refractivity contribution < 1.29 is 29.0 Å². The summed E-state index contributed by atoms with van der Waals surface area (Å²) in [5.74, 6) is -1.39. The smallest absolute Gasteiger partial charge is 0.413 e. The fourth-order valence-electron chi connectivity index (χ4n) is 4.26. The van der Waals surface area contributed by atoms with Crippen molar-refractivity contribution in [2.24, 2.45) is 11.8 Å². The van der Waals surface area contributed by atoms with Gasteiger partial charge < -0.3 is 24.8 Å². The third kappa shape index (κ3) is 3.89. The molecule has 1 amide bonds. The number of carboxylic acids is 1. The summed E-state index contributed by atoms with van der Waals surface area (Å²) in [5.41, 5.74) is 0. The van der Waals surface area contributed by atoms with Crippen LogP contribution in [0.2, 0.25) is 0 Å². The Morgan fingerprint density at radius 1 is 1.12 bits per heavy atom. The van der Waals surface area contributed by atoms with Crippen molar-refractivity contribution in [3.05, 3.63) is 0 Å². The van der Waals surface area contributed by atoms with Crippen molar-refractivity contribution in [1.29, 1.82) is 0 Å². The number of carboxylic acid groups (broad SMARTS) is 1. The van der Waals surface area contributed by atoms with Gasteiger partial charge in [-0.25, -0.2) is 4.79 Å². The van der Waals surface area contributed by atoms with Crippen LogP contribution < -0.4 is 5.32 Å². The Kier molecular flexibility index (Phi) is 5.46. The summed E-state index contributed by atoms with van der Waals surface area (Å²) < 4.78 is 10.5. The molecular formula is C17H26N2O6. The van der Waals surface area contributed by atoms with Crippen LogP contribution in [0.3, 0.4) is 0 Å². The van der Waals surface area contributed by atoms with E-state index in [1.165, 1.54) is 0 Å². The average molecular weight is 354 g/mol. The van der Waals surface area contributed by atoms with Gasteiger partial charge >= 0.3 is 18.0 Å². The average Bonchev–Trinajstić information content (AvgIpc) is 3.16. The second kappa shape index (κ2) is 7.59. The highest BCUT2D eigenvalue weighted by Gasteiger charge is 2.48. The van der Waals surface area contributed by atoms with E-state index >= 15 is 0 Å². The molecule has 140 valence electrons. The van der Waals surface area contributed by atoms with Gasteiger partial charge in [-0.1, -0.05) is 19.3 Å². The van der Waals surface area contributed by atoms with Gasteiger partial charge in [0.25, 0.3) is 0 Å². The standard InChI is InChI=1S/C17H26N2O6/c1-10(24-16(22)11-5-3-2-4-6-11)25-17(23)19-8-7-12-13(19)9-18-14(12)15(20)21/h10-14,18H,2-9H2,1H3,(H,20,21)/t10?,12-,13-,14?/m0/s1. The Morgan fingerprint density at radius 3 is 2.52 bits per heavy atom. The van der Waals surface area contributed by atoms with Crippen LogP contribution in [-0.2, 0) is 19.1 Å². The number of ether oxygens (including phenoxy) is 2. The Hall–Kier alpha value is -1.83. The zero-order valence-electron chi connectivity index (χ0n) is 14.5. The van der Waals surface area contributed by atoms with Crippen LogP contribution in [0.15, 0.2) is 0 Å². The molecule has 0 spiro atoms. The molecule has 1 saturated carbocycles. The molecule has 0 bridgehead atoms. The second-order valence-electron chi connectivity index (χ2n) is 7.16. The number of nitrogens with zero attached hydrogens (tertiary/aromatic N) is 1. The molecule has 2 N–H and O–H groups in total. The first-order valence-electron chi connectivity index (χ1n) is 9.11. The summed E-state index contributed by atoms with van der Waals surface area (Å²) in [6, 6.07) is -0.806. The Balaban J connectivity index is 1.49. The largest absolute Gasteiger partial charge is 0.480 e. The minimum Gasteiger partial charge on any atom is -0.480 e. The minimum absolute atomic E-state index is 0.0959. The predicted octanol–water partition coefficient (Wildman–Crippen LogP) is 1.34. The Bertz CT molecular complexity index is 533. The number of carbonyl (C=O) groups is 3. The molecule has 8 nitrogen and oxygen atoms in total. The van der Waals surface area contributed by atoms with Crippen molar-refractivity contribution in [1.82, 2.24) is 10.2 Å². The molecule has 25 heavy (non-hydrogen) atoms. The summed E-state index contributed by atoms with van der Waals surface area (Å²) in [7, 11) is 0. The summed E-state index contributed by atoms with van der Waals surface area (Å²) in [5, 5.41) is 12.1. The topological polar surface area (TPSA) is 105 Å². The van der Waals surface area contributed by atoms with Crippen molar-refractivity contribution in [2.45, 2.75) is 63.8 Å². The van der Waals surface area contributed by atoms with Crippen molar-refractivity contribution >= 4 is 18.0 Å². The van der Waals surface area contributed by atoms with Crippen molar-refractivity contribution in [2.75, 3.05) is 13.1 Å². The zero-order valence-corrected chi connectivity index (χ0v) is 14.5. The quantitative estimate of drug-likeness (QED) is 0.580. The van der Waals surface area contributed by atoms with E-state index in [1.807, 2.05) is 0 Å². The lowest BCUT2D eigenvalue weighted by Gasteiger charge is -2.26. The van der Waals surface area contributed by atoms with Gasteiger partial charge in [0.1, 0.15) is 6.04 Å². The normalized spacial score (nSPS) is 30.6. The summed E-state index contributed by atoms with van der Waals surface area (Å²) in [6.45, 7) is 2.44. The van der Waals surface area contributed by atoms with Gasteiger partial charge in [-0.05, 0) is 19.3 Å². The van der Waals surface area contributed by atoms with Crippen molar-refractivity contribution in [3.63, 3.8) is 0 Å². The first-order valence-corrected chi connectivity index (χ1v) is 9.11. The van der Waals surface area contributed by atoms with Gasteiger partial charge in [-0.2, -0.15) is 0 Å². The fourth-order valence-corrected chi connectivity index (χ4v) is 4.26. The van der Waals surface area contributed by atoms with Gasteiger partial charge in [0.15, 0.2) is 0 Å². The van der Waals surface area contributed by atoms with Gasteiger partial charge in [-0.15, -0.1) is 0 Å². The fraction of sp³-hybridized carbons (Fsp3) is 0.824. The van der Waals surface area contributed by atoms with E-state index in [2.05, 4.69) is 5.32 Å². The highest BCUT2D eigenvalue weighted by molar-refractivity contribution is 5.76. The number of hydrogen-bond acceptors (Lipinski definition) is 6. The molecule has 3 fully saturated rings. The van der Waals surface area contributed by atoms with E-state index in [-0.39, 0.29) is 23.8 Å². The number of aliphatic carboxylic acids is 1. The van der Waals surface area contributed by atoms with Crippen LogP contribution in [-0.4, -0.2) is 59.5 Å². The second-order valence-corrected chi connectivity index (χ2v) is 7.16. The maximum Gasteiger partial charge on any atom is 0.413 e. The molecule has 0 aromatic carbocycles. The summed E-state index contributed by atoms with van der Waals surface area (Å²) in [6.07, 6.45) is 4.01. The zero-order chi connectivity index (χ0) is 18.0. The molecule has 3 rings (SSSR count). The molecule has 0 aromatic rings. The summed E-state index contributed by atoms with van der Waals surface area (Å²) in [4.78, 5) is 37.2. The third-order valence-corrected chi connectivity index (χ3v) is 5.56. The molecule has 4 atom stereocenters. The Morgan fingerprint density at radius 2 is 1.84 bits per heavy atom. The van der Waals surface area contributed by atoms with Gasteiger partial charge in [0.2, 0.25) is 6.29 Å². The van der Waals surface area contributed by atoms with E-state index in [0.29, 0.717) is 19.5 Å². The lowest BCUT2D eigenvalue weighted by Crippen LogP contribution is -2.41. The molecule has 2 heterocycles. The molecule has 2 saturated heterocycles. The number of fused-ring (bicyclic) bond motifs is 1. The molecule has 0 radical (unpaired) electrons. The maximum atomic E-state index is 12.4. The number of nitrogens with one attached hydrogen (secondary N) is 1. The van der Waals surface area contributed by atoms with Crippen LogP contribution in [0.4, 0.5) is 4.79 Å². The molecule has 3 aliphatic rings. The first-order chi connectivity index (χ1) is 12.0. The van der Waals surface area contributed by atoms with E-state index in [1.54, 1.807) is 11.8 Å². The van der Waals surface area contributed by atoms with E-state index < -0.39 is 24.4 Å². The van der Waals surface area contributed by atoms with Crippen molar-refractivity contribution in [3.8, 4) is 0 Å². The van der Waals surface area contributed by atoms with Gasteiger partial charge in [-0.3, -0.25) is 9.59 Å².